The number of anilines is 2. The third kappa shape index (κ3) is 4.98. The maximum Gasteiger partial charge on any atom is 0.320 e. The fraction of sp³-hybridized carbons (Fsp3) is 0.542. The number of ether oxygens (including phenoxy) is 1. The summed E-state index contributed by atoms with van der Waals surface area (Å²) in [5, 5.41) is 0. The van der Waals surface area contributed by atoms with E-state index in [2.05, 4.69) is 53.0 Å². The molecule has 1 fully saturated rings. The number of unbranched alkanes of at least 4 members (excludes halogenated alkanes) is 1. The highest BCUT2D eigenvalue weighted by Crippen LogP contribution is 2.35. The normalized spacial score (nSPS) is 17.6. The van der Waals surface area contributed by atoms with E-state index in [4.69, 9.17) is 10.5 Å². The van der Waals surface area contributed by atoms with Crippen LogP contribution in [0.4, 0.5) is 11.6 Å². The number of hydrogen-bond acceptors (Lipinski definition) is 7. The van der Waals surface area contributed by atoms with Crippen molar-refractivity contribution in [2.24, 2.45) is 0 Å². The van der Waals surface area contributed by atoms with Crippen LogP contribution in [-0.2, 0) is 17.8 Å². The summed E-state index contributed by atoms with van der Waals surface area (Å²) in [6, 6.07) is 8.95. The van der Waals surface area contributed by atoms with Gasteiger partial charge < -0.3 is 15.4 Å². The van der Waals surface area contributed by atoms with E-state index < -0.39 is 0 Å². The predicted molar refractivity (Wildman–Crippen MR) is 122 cm³/mol. The minimum absolute atomic E-state index is 0.0145. The molecule has 0 amide bonds. The topological polar surface area (TPSA) is 84.6 Å². The van der Waals surface area contributed by atoms with Gasteiger partial charge in [-0.15, -0.1) is 0 Å². The van der Waals surface area contributed by atoms with E-state index in [9.17, 15) is 4.79 Å². The summed E-state index contributed by atoms with van der Waals surface area (Å²) in [7, 11) is 0. The minimum atomic E-state index is -0.0145. The van der Waals surface area contributed by atoms with Crippen molar-refractivity contribution in [2.45, 2.75) is 58.5 Å². The maximum absolute atomic E-state index is 12.5. The fourth-order valence-corrected chi connectivity index (χ4v) is 4.42. The fourth-order valence-electron chi connectivity index (χ4n) is 4.42. The van der Waals surface area contributed by atoms with Gasteiger partial charge in [-0.1, -0.05) is 37.6 Å². The van der Waals surface area contributed by atoms with E-state index in [1.165, 1.54) is 37.1 Å². The van der Waals surface area contributed by atoms with Gasteiger partial charge in [-0.05, 0) is 50.4 Å². The number of ketones is 1. The lowest BCUT2D eigenvalue weighted by Gasteiger charge is -2.35. The van der Waals surface area contributed by atoms with Crippen LogP contribution in [0.1, 0.15) is 62.3 Å². The lowest BCUT2D eigenvalue weighted by molar-refractivity contribution is -0.117. The molecule has 0 aliphatic carbocycles. The first-order valence-corrected chi connectivity index (χ1v) is 11.4. The van der Waals surface area contributed by atoms with Crippen LogP contribution in [0.2, 0.25) is 0 Å². The van der Waals surface area contributed by atoms with Gasteiger partial charge in [0.15, 0.2) is 5.78 Å². The molecule has 1 atom stereocenters. The molecule has 0 bridgehead atoms. The van der Waals surface area contributed by atoms with Crippen LogP contribution in [0.3, 0.4) is 0 Å². The lowest BCUT2D eigenvalue weighted by Crippen LogP contribution is -2.39. The van der Waals surface area contributed by atoms with Crippen molar-refractivity contribution >= 4 is 17.4 Å². The number of nitrogens with zero attached hydrogens (tertiary/aromatic N) is 4. The summed E-state index contributed by atoms with van der Waals surface area (Å²) in [5.41, 5.74) is 9.39. The van der Waals surface area contributed by atoms with Gasteiger partial charge >= 0.3 is 6.01 Å². The SMILES string of the molecule is CCCCOc1nc(N)c2c(n1)N(C(C)c1cccc(CN3CCCC3)c1)CC(=O)C2. The highest BCUT2D eigenvalue weighted by Gasteiger charge is 2.31. The van der Waals surface area contributed by atoms with E-state index in [0.717, 1.165) is 25.2 Å². The maximum atomic E-state index is 12.5. The monoisotopic (exact) mass is 423 g/mol. The van der Waals surface area contributed by atoms with Gasteiger partial charge in [0.25, 0.3) is 0 Å². The Hall–Kier alpha value is -2.67. The molecule has 31 heavy (non-hydrogen) atoms. The molecule has 1 aromatic heterocycles. The summed E-state index contributed by atoms with van der Waals surface area (Å²) in [5.74, 6) is 1.18. The van der Waals surface area contributed by atoms with Gasteiger partial charge in [0, 0.05) is 18.5 Å². The molecule has 2 aliphatic rings. The molecular formula is C24H33N5O2. The van der Waals surface area contributed by atoms with Crippen molar-refractivity contribution in [1.82, 2.24) is 14.9 Å². The standard InChI is InChI=1S/C24H33N5O2/c1-3-4-12-31-24-26-22(25)21-14-20(30)16-29(23(21)27-24)17(2)19-9-7-8-18(13-19)15-28-10-5-6-11-28/h7-9,13,17H,3-6,10-12,14-16H2,1-2H3,(H2,25,26,27). The minimum Gasteiger partial charge on any atom is -0.463 e. The number of rotatable bonds is 8. The van der Waals surface area contributed by atoms with Crippen LogP contribution in [0, 0.1) is 0 Å². The molecule has 7 nitrogen and oxygen atoms in total. The van der Waals surface area contributed by atoms with Gasteiger partial charge in [0.05, 0.1) is 19.2 Å². The molecule has 0 spiro atoms. The van der Waals surface area contributed by atoms with Crippen molar-refractivity contribution in [3.8, 4) is 6.01 Å². The number of benzene rings is 1. The molecule has 2 aliphatic heterocycles. The molecule has 4 rings (SSSR count). The Balaban J connectivity index is 1.60. The van der Waals surface area contributed by atoms with Crippen molar-refractivity contribution in [3.63, 3.8) is 0 Å². The quantitative estimate of drug-likeness (QED) is 0.650. The highest BCUT2D eigenvalue weighted by atomic mass is 16.5. The third-order valence-electron chi connectivity index (χ3n) is 6.22. The molecular weight excluding hydrogens is 390 g/mol. The van der Waals surface area contributed by atoms with Crippen molar-refractivity contribution < 1.29 is 9.53 Å². The Kier molecular flexibility index (Phi) is 6.70. The molecule has 2 N–H and O–H groups in total. The summed E-state index contributed by atoms with van der Waals surface area (Å²) in [6.45, 7) is 8.42. The van der Waals surface area contributed by atoms with E-state index in [1.54, 1.807) is 0 Å². The Morgan fingerprint density at radius 3 is 2.81 bits per heavy atom. The first-order chi connectivity index (χ1) is 15.0. The largest absolute Gasteiger partial charge is 0.463 e. The Morgan fingerprint density at radius 1 is 1.23 bits per heavy atom. The molecule has 2 aromatic rings. The number of carbonyl (C=O) groups is 1. The van der Waals surface area contributed by atoms with Gasteiger partial charge in [-0.25, -0.2) is 0 Å². The Morgan fingerprint density at radius 2 is 2.03 bits per heavy atom. The number of aromatic nitrogens is 2. The Labute approximate surface area is 184 Å². The van der Waals surface area contributed by atoms with Crippen LogP contribution in [0.5, 0.6) is 6.01 Å². The molecule has 1 saturated heterocycles. The zero-order valence-electron chi connectivity index (χ0n) is 18.6. The van der Waals surface area contributed by atoms with E-state index in [1.807, 2.05) is 4.90 Å². The smallest absolute Gasteiger partial charge is 0.320 e. The number of carbonyl (C=O) groups excluding carboxylic acids is 1. The molecule has 166 valence electrons. The van der Waals surface area contributed by atoms with Crippen molar-refractivity contribution in [3.05, 3.63) is 41.0 Å². The van der Waals surface area contributed by atoms with Crippen LogP contribution >= 0.6 is 0 Å². The molecule has 1 aromatic carbocycles. The van der Waals surface area contributed by atoms with Crippen molar-refractivity contribution in [2.75, 3.05) is 36.9 Å². The van der Waals surface area contributed by atoms with Crippen LogP contribution in [0.25, 0.3) is 0 Å². The van der Waals surface area contributed by atoms with Gasteiger partial charge in [0.1, 0.15) is 11.6 Å². The first kappa shape index (κ1) is 21.6. The van der Waals surface area contributed by atoms with Gasteiger partial charge in [-0.2, -0.15) is 9.97 Å². The summed E-state index contributed by atoms with van der Waals surface area (Å²) in [6.07, 6.45) is 4.81. The van der Waals surface area contributed by atoms with Crippen LogP contribution in [-0.4, -0.2) is 46.9 Å². The van der Waals surface area contributed by atoms with Crippen LogP contribution < -0.4 is 15.4 Å². The molecule has 1 unspecified atom stereocenters. The van der Waals surface area contributed by atoms with E-state index >= 15 is 0 Å². The second kappa shape index (κ2) is 9.64. The zero-order valence-corrected chi connectivity index (χ0v) is 18.6. The number of nitrogens with two attached hydrogens (primary N) is 1. The zero-order chi connectivity index (χ0) is 21.8. The molecule has 0 saturated carbocycles. The molecule has 7 heteroatoms. The first-order valence-electron chi connectivity index (χ1n) is 11.4. The van der Waals surface area contributed by atoms with E-state index in [-0.39, 0.29) is 18.2 Å². The van der Waals surface area contributed by atoms with E-state index in [0.29, 0.717) is 30.5 Å². The van der Waals surface area contributed by atoms with Gasteiger partial charge in [0.2, 0.25) is 0 Å². The number of nitrogen functional groups attached to an aromatic ring is 1. The number of fused-ring (bicyclic) bond motifs is 1. The second-order valence-electron chi connectivity index (χ2n) is 8.64. The third-order valence-corrected chi connectivity index (χ3v) is 6.22. The average Bonchev–Trinajstić information content (AvgIpc) is 3.27. The second-order valence-corrected chi connectivity index (χ2v) is 8.64. The number of likely N-dealkylation sites (tertiary alicyclic amines) is 1. The average molecular weight is 424 g/mol. The number of Topliss-reactive ketones (excluding diaryl/α,β-unsaturated/α-hetero) is 1. The highest BCUT2D eigenvalue weighted by molar-refractivity contribution is 5.91. The molecule has 0 radical (unpaired) electrons. The lowest BCUT2D eigenvalue weighted by atomic mass is 9.99. The summed E-state index contributed by atoms with van der Waals surface area (Å²) >= 11 is 0. The number of hydrogen-bond donors (Lipinski definition) is 1. The molecule has 3 heterocycles. The predicted octanol–water partition coefficient (Wildman–Crippen LogP) is 3.53. The van der Waals surface area contributed by atoms with Crippen molar-refractivity contribution in [1.29, 1.82) is 0 Å². The van der Waals surface area contributed by atoms with Crippen LogP contribution in [0.15, 0.2) is 24.3 Å². The van der Waals surface area contributed by atoms with Gasteiger partial charge in [-0.3, -0.25) is 9.69 Å². The summed E-state index contributed by atoms with van der Waals surface area (Å²) < 4.78 is 5.73. The Bertz CT molecular complexity index is 926. The summed E-state index contributed by atoms with van der Waals surface area (Å²) in [4.78, 5) is 26.0.